The molecule has 0 spiro atoms. The smallest absolute Gasteiger partial charge is 0.202 e. The average molecular weight is 485 g/mol. The van der Waals surface area contributed by atoms with Gasteiger partial charge in [-0.2, -0.15) is 0 Å². The molecule has 0 heterocycles. The molecule has 0 bridgehead atoms. The molecule has 3 aliphatic rings. The first-order valence-electron chi connectivity index (χ1n) is 11.8. The first kappa shape index (κ1) is 25.1. The number of aromatic hydroxyl groups is 1. The van der Waals surface area contributed by atoms with Gasteiger partial charge < -0.3 is 25.7 Å². The van der Waals surface area contributed by atoms with Crippen LogP contribution < -0.4 is 5.32 Å². The number of phenols is 1. The highest BCUT2D eigenvalue weighted by molar-refractivity contribution is 6.25. The van der Waals surface area contributed by atoms with Crippen molar-refractivity contribution in [2.75, 3.05) is 27.7 Å². The maximum absolute atomic E-state index is 13.8. The van der Waals surface area contributed by atoms with Crippen LogP contribution in [0.4, 0.5) is 0 Å². The van der Waals surface area contributed by atoms with Gasteiger partial charge in [-0.1, -0.05) is 6.07 Å². The van der Waals surface area contributed by atoms with Gasteiger partial charge in [0.05, 0.1) is 11.6 Å². The number of Topliss-reactive ketones (excluding diaryl/α,β-unsaturated/α-hetero) is 3. The van der Waals surface area contributed by atoms with Gasteiger partial charge in [-0.25, -0.2) is 0 Å². The molecule has 1 saturated carbocycles. The molecule has 0 radical (unpaired) electrons. The number of aliphatic hydroxyl groups is 3. The number of carbonyl (C=O) groups excluding carboxylic acids is 3. The summed E-state index contributed by atoms with van der Waals surface area (Å²) in [5, 5.41) is 47.5. The van der Waals surface area contributed by atoms with Crippen LogP contribution in [0.1, 0.15) is 36.5 Å². The number of phenolic OH excluding ortho intramolecular Hbond substituents is 1. The Labute approximate surface area is 203 Å². The van der Waals surface area contributed by atoms with Gasteiger partial charge in [0.15, 0.2) is 17.2 Å². The molecule has 188 valence electrons. The van der Waals surface area contributed by atoms with E-state index in [1.165, 1.54) is 6.07 Å². The van der Waals surface area contributed by atoms with E-state index in [0.29, 0.717) is 12.8 Å². The number of nitrogens with zero attached hydrogens (tertiary/aromatic N) is 1. The Bertz CT molecular complexity index is 1180. The molecule has 1 aromatic carbocycles. The minimum atomic E-state index is -2.54. The van der Waals surface area contributed by atoms with E-state index in [4.69, 9.17) is 0 Å². The van der Waals surface area contributed by atoms with Gasteiger partial charge in [0, 0.05) is 11.5 Å². The highest BCUT2D eigenvalue weighted by Gasteiger charge is 2.64. The fraction of sp³-hybridized carbons (Fsp3) is 0.500. The van der Waals surface area contributed by atoms with Gasteiger partial charge in [0.25, 0.3) is 0 Å². The van der Waals surface area contributed by atoms with Crippen LogP contribution >= 0.6 is 0 Å². The maximum atomic E-state index is 13.8. The van der Waals surface area contributed by atoms with E-state index in [0.717, 1.165) is 31.0 Å². The molecule has 1 aromatic rings. The Kier molecular flexibility index (Phi) is 6.37. The number of likely N-dealkylation sites (N-methyl/N-ethyl adjacent to an activating group) is 1. The van der Waals surface area contributed by atoms with E-state index in [2.05, 4.69) is 5.32 Å². The Morgan fingerprint density at radius 3 is 2.49 bits per heavy atom. The highest BCUT2D eigenvalue weighted by atomic mass is 16.3. The molecule has 9 nitrogen and oxygen atoms in total. The number of benzene rings is 1. The van der Waals surface area contributed by atoms with Gasteiger partial charge in [0.1, 0.15) is 22.8 Å². The number of aryl methyl sites for hydroxylation is 1. The normalized spacial score (nSPS) is 28.2. The average Bonchev–Trinajstić information content (AvgIpc) is 2.77. The van der Waals surface area contributed by atoms with Crippen molar-refractivity contribution in [2.45, 2.75) is 44.2 Å². The van der Waals surface area contributed by atoms with Crippen LogP contribution in [0.25, 0.3) is 5.76 Å². The summed E-state index contributed by atoms with van der Waals surface area (Å²) in [6, 6.07) is 2.27. The van der Waals surface area contributed by atoms with E-state index in [1.54, 1.807) is 19.0 Å². The van der Waals surface area contributed by atoms with E-state index in [1.807, 2.05) is 13.1 Å². The lowest BCUT2D eigenvalue weighted by Crippen LogP contribution is -2.65. The van der Waals surface area contributed by atoms with Gasteiger partial charge >= 0.3 is 0 Å². The molecule has 9 heteroatoms. The number of hydrogen-bond acceptors (Lipinski definition) is 9. The molecule has 4 rings (SSSR count). The third kappa shape index (κ3) is 3.61. The van der Waals surface area contributed by atoms with Crippen molar-refractivity contribution in [1.29, 1.82) is 0 Å². The second-order valence-corrected chi connectivity index (χ2v) is 9.96. The Balaban J connectivity index is 1.91. The Hall–Kier alpha value is -3.01. The van der Waals surface area contributed by atoms with Gasteiger partial charge in [-0.15, -0.1) is 0 Å². The zero-order valence-electron chi connectivity index (χ0n) is 20.4. The van der Waals surface area contributed by atoms with E-state index in [9.17, 15) is 34.8 Å². The van der Waals surface area contributed by atoms with Crippen molar-refractivity contribution < 1.29 is 34.8 Å². The first-order valence-corrected chi connectivity index (χ1v) is 11.8. The maximum Gasteiger partial charge on any atom is 0.202 e. The van der Waals surface area contributed by atoms with Crippen LogP contribution in [0, 0.1) is 11.8 Å². The standard InChI is InChI=1S/C26H32N2O7/c1-12(29)18-23(32)21(28(3)4)16-11-14-10-15-13(6-5-9-27-2)7-8-17(30)20(15)22(31)19(14)25(34)26(16,35)24(18)33/h7-8,14,16,21,27,30-31,33,35H,5-6,9-11H2,1-4H3/t14-,16-,21-,26+/m0/s1. The molecule has 0 unspecified atom stereocenters. The van der Waals surface area contributed by atoms with Gasteiger partial charge in [-0.05, 0) is 83.4 Å². The van der Waals surface area contributed by atoms with Crippen molar-refractivity contribution in [3.63, 3.8) is 0 Å². The molecule has 35 heavy (non-hydrogen) atoms. The summed E-state index contributed by atoms with van der Waals surface area (Å²) in [5.41, 5.74) is -1.41. The predicted octanol–water partition coefficient (Wildman–Crippen LogP) is 1.22. The van der Waals surface area contributed by atoms with Crippen molar-refractivity contribution in [3.05, 3.63) is 45.7 Å². The summed E-state index contributed by atoms with van der Waals surface area (Å²) in [7, 11) is 5.09. The second kappa shape index (κ2) is 8.89. The third-order valence-electron chi connectivity index (χ3n) is 7.68. The molecule has 0 amide bonds. The minimum Gasteiger partial charge on any atom is -0.508 e. The molecule has 0 aliphatic heterocycles. The summed E-state index contributed by atoms with van der Waals surface area (Å²) in [4.78, 5) is 40.8. The summed E-state index contributed by atoms with van der Waals surface area (Å²) in [6.07, 6.45) is 1.98. The van der Waals surface area contributed by atoms with Crippen molar-refractivity contribution in [2.24, 2.45) is 11.8 Å². The highest BCUT2D eigenvalue weighted by Crippen LogP contribution is 2.53. The lowest BCUT2D eigenvalue weighted by molar-refractivity contribution is -0.153. The fourth-order valence-corrected chi connectivity index (χ4v) is 6.10. The minimum absolute atomic E-state index is 0.0970. The van der Waals surface area contributed by atoms with Crippen LogP contribution in [-0.2, 0) is 27.2 Å². The Morgan fingerprint density at radius 1 is 1.20 bits per heavy atom. The van der Waals surface area contributed by atoms with Crippen LogP contribution in [0.2, 0.25) is 0 Å². The van der Waals surface area contributed by atoms with E-state index < -0.39 is 57.9 Å². The molecule has 0 saturated heterocycles. The molecule has 4 atom stereocenters. The zero-order valence-corrected chi connectivity index (χ0v) is 20.4. The number of aliphatic hydroxyl groups excluding tert-OH is 2. The molecular formula is C26H32N2O7. The van der Waals surface area contributed by atoms with Crippen LogP contribution in [0.3, 0.4) is 0 Å². The molecule has 5 N–H and O–H groups in total. The van der Waals surface area contributed by atoms with E-state index in [-0.39, 0.29) is 23.3 Å². The molecule has 3 aliphatic carbocycles. The van der Waals surface area contributed by atoms with Crippen molar-refractivity contribution in [3.8, 4) is 5.75 Å². The molecular weight excluding hydrogens is 452 g/mol. The molecule has 0 aromatic heterocycles. The number of nitrogens with one attached hydrogen (secondary N) is 1. The van der Waals surface area contributed by atoms with E-state index >= 15 is 0 Å². The van der Waals surface area contributed by atoms with Crippen LogP contribution in [0.5, 0.6) is 5.75 Å². The number of rotatable bonds is 6. The monoisotopic (exact) mass is 484 g/mol. The summed E-state index contributed by atoms with van der Waals surface area (Å²) >= 11 is 0. The Morgan fingerprint density at radius 2 is 1.89 bits per heavy atom. The fourth-order valence-electron chi connectivity index (χ4n) is 6.10. The quantitative estimate of drug-likeness (QED) is 0.297. The van der Waals surface area contributed by atoms with Gasteiger partial charge in [-0.3, -0.25) is 19.3 Å². The topological polar surface area (TPSA) is 147 Å². The van der Waals surface area contributed by atoms with Crippen LogP contribution in [-0.4, -0.2) is 82.0 Å². The number of fused-ring (bicyclic) bond motifs is 3. The predicted molar refractivity (Wildman–Crippen MR) is 128 cm³/mol. The van der Waals surface area contributed by atoms with Crippen molar-refractivity contribution in [1.82, 2.24) is 10.2 Å². The number of hydrogen-bond donors (Lipinski definition) is 5. The number of carbonyl (C=O) groups is 3. The largest absolute Gasteiger partial charge is 0.508 e. The summed E-state index contributed by atoms with van der Waals surface area (Å²) < 4.78 is 0. The van der Waals surface area contributed by atoms with Crippen LogP contribution in [0.15, 0.2) is 29.0 Å². The first-order chi connectivity index (χ1) is 16.5. The van der Waals surface area contributed by atoms with Crippen molar-refractivity contribution >= 4 is 23.1 Å². The zero-order chi connectivity index (χ0) is 25.8. The summed E-state index contributed by atoms with van der Waals surface area (Å²) in [6.45, 7) is 1.88. The number of ketones is 3. The SMILES string of the molecule is CNCCCc1ccc(O)c2c1C[C@H]1C[C@H]3[C@H](N(C)C)C(=O)C(C(C)=O)=C(O)[C@@]3(O)C(=O)C1=C2O. The third-order valence-corrected chi connectivity index (χ3v) is 7.68. The second-order valence-electron chi connectivity index (χ2n) is 9.96. The lowest BCUT2D eigenvalue weighted by atomic mass is 9.57. The van der Waals surface area contributed by atoms with Gasteiger partial charge in [0.2, 0.25) is 5.78 Å². The lowest BCUT2D eigenvalue weighted by Gasteiger charge is -2.50. The molecule has 1 fully saturated rings. The summed E-state index contributed by atoms with van der Waals surface area (Å²) in [5.74, 6) is -5.47.